The summed E-state index contributed by atoms with van der Waals surface area (Å²) in [5.41, 5.74) is 2.32. The molecule has 0 aliphatic rings. The Hall–Kier alpha value is -0.870. The number of hydrogen-bond donors (Lipinski definition) is 1. The van der Waals surface area contributed by atoms with Crippen molar-refractivity contribution in [2.75, 3.05) is 19.9 Å². The molecule has 18 heavy (non-hydrogen) atoms. The van der Waals surface area contributed by atoms with Gasteiger partial charge in [0, 0.05) is 40.5 Å². The first-order valence-electron chi connectivity index (χ1n) is 6.15. The second-order valence-corrected chi connectivity index (χ2v) is 6.49. The fourth-order valence-corrected chi connectivity index (χ4v) is 2.08. The maximum Gasteiger partial charge on any atom is 0.123 e. The minimum atomic E-state index is -0.788. The van der Waals surface area contributed by atoms with Crippen molar-refractivity contribution < 1.29 is 8.95 Å². The van der Waals surface area contributed by atoms with E-state index in [1.807, 2.05) is 19.9 Å². The standard InChI is InChI=1S/C14H23NO2S/c1-10-6-7-13(14(8-10)17-4)12(3)15-9-11(2)18(5)16/h6-8,11-12,15H,9H2,1-5H3. The lowest BCUT2D eigenvalue weighted by Gasteiger charge is -2.19. The average molecular weight is 269 g/mol. The highest BCUT2D eigenvalue weighted by atomic mass is 32.2. The molecule has 1 N–H and O–H groups in total. The first-order chi connectivity index (χ1) is 8.45. The molecule has 0 amide bonds. The number of benzene rings is 1. The fraction of sp³-hybridized carbons (Fsp3) is 0.571. The van der Waals surface area contributed by atoms with Crippen LogP contribution >= 0.6 is 0 Å². The smallest absolute Gasteiger partial charge is 0.123 e. The van der Waals surface area contributed by atoms with Gasteiger partial charge in [-0.3, -0.25) is 4.21 Å². The number of ether oxygens (including phenoxy) is 1. The molecule has 0 bridgehead atoms. The number of hydrogen-bond acceptors (Lipinski definition) is 3. The number of nitrogens with one attached hydrogen (secondary N) is 1. The highest BCUT2D eigenvalue weighted by molar-refractivity contribution is 7.84. The summed E-state index contributed by atoms with van der Waals surface area (Å²) in [5.74, 6) is 0.903. The second-order valence-electron chi connectivity index (χ2n) is 4.68. The molecule has 1 aromatic carbocycles. The van der Waals surface area contributed by atoms with Crippen molar-refractivity contribution in [3.63, 3.8) is 0 Å². The van der Waals surface area contributed by atoms with Crippen LogP contribution in [0.15, 0.2) is 18.2 Å². The van der Waals surface area contributed by atoms with Gasteiger partial charge in [0.2, 0.25) is 0 Å². The highest BCUT2D eigenvalue weighted by Crippen LogP contribution is 2.25. The van der Waals surface area contributed by atoms with Gasteiger partial charge in [0.05, 0.1) is 7.11 Å². The zero-order valence-electron chi connectivity index (χ0n) is 11.8. The Labute approximate surface area is 112 Å². The lowest BCUT2D eigenvalue weighted by molar-refractivity contribution is 0.401. The third kappa shape index (κ3) is 4.10. The van der Waals surface area contributed by atoms with Crippen LogP contribution in [-0.4, -0.2) is 29.4 Å². The quantitative estimate of drug-likeness (QED) is 0.862. The third-order valence-electron chi connectivity index (χ3n) is 3.13. The molecule has 4 heteroatoms. The summed E-state index contributed by atoms with van der Waals surface area (Å²) >= 11 is 0. The Morgan fingerprint density at radius 2 is 2.06 bits per heavy atom. The highest BCUT2D eigenvalue weighted by Gasteiger charge is 2.13. The monoisotopic (exact) mass is 269 g/mol. The fourth-order valence-electron chi connectivity index (χ4n) is 1.75. The lowest BCUT2D eigenvalue weighted by Crippen LogP contribution is -2.29. The molecular formula is C14H23NO2S. The molecule has 0 aromatic heterocycles. The van der Waals surface area contributed by atoms with Gasteiger partial charge in [-0.2, -0.15) is 0 Å². The van der Waals surface area contributed by atoms with E-state index in [-0.39, 0.29) is 11.3 Å². The summed E-state index contributed by atoms with van der Waals surface area (Å²) in [6.07, 6.45) is 1.74. The van der Waals surface area contributed by atoms with Crippen molar-refractivity contribution in [3.05, 3.63) is 29.3 Å². The van der Waals surface area contributed by atoms with Crippen LogP contribution in [0.4, 0.5) is 0 Å². The third-order valence-corrected chi connectivity index (χ3v) is 4.43. The molecule has 0 radical (unpaired) electrons. The summed E-state index contributed by atoms with van der Waals surface area (Å²) in [4.78, 5) is 0. The zero-order valence-corrected chi connectivity index (χ0v) is 12.6. The van der Waals surface area contributed by atoms with Crippen LogP contribution in [0, 0.1) is 6.92 Å². The van der Waals surface area contributed by atoms with Crippen molar-refractivity contribution in [1.82, 2.24) is 5.32 Å². The average Bonchev–Trinajstić information content (AvgIpc) is 2.34. The Morgan fingerprint density at radius 1 is 1.39 bits per heavy atom. The van der Waals surface area contributed by atoms with Crippen LogP contribution in [-0.2, 0) is 10.8 Å². The molecule has 1 aromatic rings. The van der Waals surface area contributed by atoms with Gasteiger partial charge < -0.3 is 10.1 Å². The summed E-state index contributed by atoms with van der Waals surface area (Å²) in [5, 5.41) is 3.56. The van der Waals surface area contributed by atoms with Crippen LogP contribution in [0.1, 0.15) is 31.0 Å². The predicted molar refractivity (Wildman–Crippen MR) is 77.7 cm³/mol. The predicted octanol–water partition coefficient (Wildman–Crippen LogP) is 2.42. The molecule has 0 saturated carbocycles. The van der Waals surface area contributed by atoms with Crippen LogP contribution in [0.2, 0.25) is 0 Å². The summed E-state index contributed by atoms with van der Waals surface area (Å²) < 4.78 is 16.7. The van der Waals surface area contributed by atoms with Gasteiger partial charge >= 0.3 is 0 Å². The molecule has 3 nitrogen and oxygen atoms in total. The maximum atomic E-state index is 11.3. The van der Waals surface area contributed by atoms with E-state index in [1.165, 1.54) is 5.56 Å². The topological polar surface area (TPSA) is 38.3 Å². The molecule has 102 valence electrons. The molecule has 0 heterocycles. The first kappa shape index (κ1) is 15.2. The normalized spacial score (nSPS) is 16.1. The molecule has 0 aliphatic carbocycles. The second kappa shape index (κ2) is 6.90. The van der Waals surface area contributed by atoms with Crippen molar-refractivity contribution >= 4 is 10.8 Å². The Morgan fingerprint density at radius 3 is 2.61 bits per heavy atom. The van der Waals surface area contributed by atoms with E-state index < -0.39 is 10.8 Å². The lowest BCUT2D eigenvalue weighted by atomic mass is 10.0. The van der Waals surface area contributed by atoms with E-state index in [0.717, 1.165) is 17.9 Å². The number of aryl methyl sites for hydroxylation is 1. The molecule has 1 rings (SSSR count). The molecular weight excluding hydrogens is 246 g/mol. The first-order valence-corrected chi connectivity index (χ1v) is 7.78. The number of methoxy groups -OCH3 is 1. The van der Waals surface area contributed by atoms with Crippen LogP contribution < -0.4 is 10.1 Å². The van der Waals surface area contributed by atoms with Crippen LogP contribution in [0.3, 0.4) is 0 Å². The van der Waals surface area contributed by atoms with Crippen LogP contribution in [0.25, 0.3) is 0 Å². The Bertz CT molecular complexity index is 420. The van der Waals surface area contributed by atoms with Gasteiger partial charge in [-0.25, -0.2) is 0 Å². The zero-order chi connectivity index (χ0) is 13.7. The molecule has 0 spiro atoms. The van der Waals surface area contributed by atoms with Crippen molar-refractivity contribution in [2.24, 2.45) is 0 Å². The molecule has 3 unspecified atom stereocenters. The largest absolute Gasteiger partial charge is 0.496 e. The van der Waals surface area contributed by atoms with Gasteiger partial charge in [0.25, 0.3) is 0 Å². The van der Waals surface area contributed by atoms with Gasteiger partial charge in [-0.15, -0.1) is 0 Å². The summed E-state index contributed by atoms with van der Waals surface area (Å²) in [6, 6.07) is 6.39. The van der Waals surface area contributed by atoms with Crippen molar-refractivity contribution in [2.45, 2.75) is 32.1 Å². The maximum absolute atomic E-state index is 11.3. The van der Waals surface area contributed by atoms with E-state index in [9.17, 15) is 4.21 Å². The molecule has 0 aliphatic heterocycles. The van der Waals surface area contributed by atoms with E-state index in [1.54, 1.807) is 13.4 Å². The van der Waals surface area contributed by atoms with E-state index >= 15 is 0 Å². The summed E-state index contributed by atoms with van der Waals surface area (Å²) in [6.45, 7) is 6.87. The molecule has 0 saturated heterocycles. The summed E-state index contributed by atoms with van der Waals surface area (Å²) in [7, 11) is 0.902. The van der Waals surface area contributed by atoms with E-state index in [4.69, 9.17) is 4.74 Å². The van der Waals surface area contributed by atoms with Crippen LogP contribution in [0.5, 0.6) is 5.75 Å². The minimum absolute atomic E-state index is 0.156. The Kier molecular flexibility index (Phi) is 5.82. The van der Waals surface area contributed by atoms with Crippen molar-refractivity contribution in [3.8, 4) is 5.75 Å². The van der Waals surface area contributed by atoms with Gasteiger partial charge in [-0.05, 0) is 32.4 Å². The van der Waals surface area contributed by atoms with E-state index in [0.29, 0.717) is 0 Å². The SMILES string of the molecule is COc1cc(C)ccc1C(C)NCC(C)S(C)=O. The molecule has 0 fully saturated rings. The van der Waals surface area contributed by atoms with Gasteiger partial charge in [-0.1, -0.05) is 12.1 Å². The van der Waals surface area contributed by atoms with Gasteiger partial charge in [0.15, 0.2) is 0 Å². The molecule has 3 atom stereocenters. The minimum Gasteiger partial charge on any atom is -0.496 e. The number of rotatable bonds is 6. The van der Waals surface area contributed by atoms with Crippen molar-refractivity contribution in [1.29, 1.82) is 0 Å². The van der Waals surface area contributed by atoms with E-state index in [2.05, 4.69) is 24.4 Å². The Balaban J connectivity index is 2.72. The van der Waals surface area contributed by atoms with Gasteiger partial charge in [0.1, 0.15) is 5.75 Å².